The van der Waals surface area contributed by atoms with Gasteiger partial charge in [-0.2, -0.15) is 5.10 Å². The summed E-state index contributed by atoms with van der Waals surface area (Å²) in [5, 5.41) is 12.2. The van der Waals surface area contributed by atoms with Gasteiger partial charge in [-0.25, -0.2) is 4.98 Å². The van der Waals surface area contributed by atoms with Crippen LogP contribution in [0.3, 0.4) is 0 Å². The number of pyridine rings is 2. The molecule has 3 aromatic heterocycles. The summed E-state index contributed by atoms with van der Waals surface area (Å²) < 4.78 is 1.15. The lowest BCUT2D eigenvalue weighted by molar-refractivity contribution is 0.0967. The summed E-state index contributed by atoms with van der Waals surface area (Å²) in [4.78, 5) is 24.9. The normalized spacial score (nSPS) is 20.8. The third-order valence-corrected chi connectivity index (χ3v) is 8.24. The van der Waals surface area contributed by atoms with E-state index >= 15 is 0 Å². The van der Waals surface area contributed by atoms with E-state index in [1.54, 1.807) is 35.5 Å². The molecule has 32 heavy (non-hydrogen) atoms. The van der Waals surface area contributed by atoms with Gasteiger partial charge in [0, 0.05) is 34.6 Å². The molecular weight excluding hydrogens is 440 g/mol. The molecule has 0 saturated carbocycles. The molecule has 0 aliphatic carbocycles. The van der Waals surface area contributed by atoms with Gasteiger partial charge in [-0.05, 0) is 61.9 Å². The first kappa shape index (κ1) is 21.4. The molecule has 3 aromatic rings. The van der Waals surface area contributed by atoms with Crippen molar-refractivity contribution in [3.63, 3.8) is 0 Å². The summed E-state index contributed by atoms with van der Waals surface area (Å²) in [5.74, 6) is 0.623. The lowest BCUT2D eigenvalue weighted by Gasteiger charge is -2.34. The Balaban J connectivity index is 1.49. The highest BCUT2D eigenvalue weighted by Crippen LogP contribution is 2.34. The molecule has 166 valence electrons. The number of nitrogens with zero attached hydrogens (tertiary/aromatic N) is 4. The predicted molar refractivity (Wildman–Crippen MR) is 133 cm³/mol. The Bertz CT molecular complexity index is 1150. The van der Waals surface area contributed by atoms with Crippen LogP contribution in [-0.2, 0) is 0 Å². The summed E-state index contributed by atoms with van der Waals surface area (Å²) >= 11 is 3.38. The fraction of sp³-hybridized carbons (Fsp3) is 0.391. The van der Waals surface area contributed by atoms with Gasteiger partial charge in [0.15, 0.2) is 0 Å². The molecule has 2 aliphatic heterocycles. The first-order valence-corrected chi connectivity index (χ1v) is 12.7. The predicted octanol–water partition coefficient (Wildman–Crippen LogP) is 4.13. The lowest BCUT2D eigenvalue weighted by atomic mass is 10.0. The van der Waals surface area contributed by atoms with E-state index in [0.717, 1.165) is 64.4 Å². The SMILES string of the molecule is CCC1NN=C(c2ccc(C(=O)N(c3nccc4scc(C)c34)[C@@H]3CCCNC3)nc2)S1. The molecule has 5 heterocycles. The number of anilines is 1. The minimum Gasteiger partial charge on any atom is -0.315 e. The van der Waals surface area contributed by atoms with Crippen LogP contribution in [0.4, 0.5) is 5.82 Å². The van der Waals surface area contributed by atoms with Crippen LogP contribution < -0.4 is 15.6 Å². The van der Waals surface area contributed by atoms with E-state index in [2.05, 4.69) is 45.0 Å². The summed E-state index contributed by atoms with van der Waals surface area (Å²) in [7, 11) is 0. The second-order valence-electron chi connectivity index (χ2n) is 8.09. The van der Waals surface area contributed by atoms with E-state index in [1.165, 1.54) is 0 Å². The first-order valence-electron chi connectivity index (χ1n) is 11.0. The van der Waals surface area contributed by atoms with Gasteiger partial charge in [-0.15, -0.1) is 11.3 Å². The second-order valence-corrected chi connectivity index (χ2v) is 10.2. The summed E-state index contributed by atoms with van der Waals surface area (Å²) in [5.41, 5.74) is 5.63. The number of carbonyl (C=O) groups excluding carboxylic acids is 1. The van der Waals surface area contributed by atoms with Crippen molar-refractivity contribution in [3.8, 4) is 0 Å². The number of nitrogens with one attached hydrogen (secondary N) is 2. The molecule has 1 unspecified atom stereocenters. The monoisotopic (exact) mass is 466 g/mol. The maximum Gasteiger partial charge on any atom is 0.278 e. The van der Waals surface area contributed by atoms with E-state index in [4.69, 9.17) is 0 Å². The van der Waals surface area contributed by atoms with Crippen LogP contribution in [0, 0.1) is 6.92 Å². The van der Waals surface area contributed by atoms with Crippen LogP contribution in [0.15, 0.2) is 41.1 Å². The number of fused-ring (bicyclic) bond motifs is 1. The summed E-state index contributed by atoms with van der Waals surface area (Å²) in [6.45, 7) is 5.94. The molecule has 1 fully saturated rings. The molecule has 7 nitrogen and oxygen atoms in total. The molecule has 2 aliphatic rings. The largest absolute Gasteiger partial charge is 0.315 e. The minimum atomic E-state index is -0.110. The van der Waals surface area contributed by atoms with Gasteiger partial charge in [0.2, 0.25) is 0 Å². The van der Waals surface area contributed by atoms with E-state index in [9.17, 15) is 4.79 Å². The highest BCUT2D eigenvalue weighted by atomic mass is 32.2. The first-order chi connectivity index (χ1) is 15.7. The number of hydrogen-bond donors (Lipinski definition) is 2. The van der Waals surface area contributed by atoms with Crippen LogP contribution in [0.25, 0.3) is 10.1 Å². The van der Waals surface area contributed by atoms with Crippen LogP contribution in [0.5, 0.6) is 0 Å². The summed E-state index contributed by atoms with van der Waals surface area (Å²) in [6, 6.07) is 5.80. The highest BCUT2D eigenvalue weighted by Gasteiger charge is 2.31. The molecule has 2 atom stereocenters. The lowest BCUT2D eigenvalue weighted by Crippen LogP contribution is -2.49. The van der Waals surface area contributed by atoms with Crippen molar-refractivity contribution in [1.82, 2.24) is 20.7 Å². The van der Waals surface area contributed by atoms with E-state index in [0.29, 0.717) is 11.1 Å². The van der Waals surface area contributed by atoms with Crippen LogP contribution in [0.1, 0.15) is 47.8 Å². The fourth-order valence-electron chi connectivity index (χ4n) is 4.18. The molecule has 0 bridgehead atoms. The number of aryl methyl sites for hydroxylation is 1. The zero-order valence-electron chi connectivity index (χ0n) is 18.2. The van der Waals surface area contributed by atoms with Crippen LogP contribution in [0.2, 0.25) is 0 Å². The smallest absolute Gasteiger partial charge is 0.278 e. The molecule has 0 aromatic carbocycles. The maximum absolute atomic E-state index is 13.8. The third kappa shape index (κ3) is 4.00. The Morgan fingerprint density at radius 1 is 1.28 bits per heavy atom. The van der Waals surface area contributed by atoms with Crippen LogP contribution in [-0.4, -0.2) is 45.4 Å². The average Bonchev–Trinajstić information content (AvgIpc) is 3.47. The van der Waals surface area contributed by atoms with Gasteiger partial charge < -0.3 is 5.32 Å². The Hall–Kier alpha value is -2.49. The molecule has 0 spiro atoms. The van der Waals surface area contributed by atoms with Crippen molar-refractivity contribution in [2.24, 2.45) is 5.10 Å². The molecule has 5 rings (SSSR count). The van der Waals surface area contributed by atoms with Crippen molar-refractivity contribution in [2.45, 2.75) is 44.5 Å². The second kappa shape index (κ2) is 9.17. The van der Waals surface area contributed by atoms with Gasteiger partial charge in [-0.1, -0.05) is 18.7 Å². The van der Waals surface area contributed by atoms with Gasteiger partial charge in [0.25, 0.3) is 5.91 Å². The number of carbonyl (C=O) groups is 1. The quantitative estimate of drug-likeness (QED) is 0.588. The third-order valence-electron chi connectivity index (χ3n) is 5.90. The number of amides is 1. The Kier molecular flexibility index (Phi) is 6.12. The Morgan fingerprint density at radius 2 is 2.19 bits per heavy atom. The summed E-state index contributed by atoms with van der Waals surface area (Å²) in [6.07, 6.45) is 6.51. The molecule has 2 N–H and O–H groups in total. The van der Waals surface area contributed by atoms with Crippen molar-refractivity contribution >= 4 is 50.0 Å². The maximum atomic E-state index is 13.8. The number of thiophene rings is 1. The van der Waals surface area contributed by atoms with Gasteiger partial charge in [0.05, 0.1) is 11.4 Å². The molecule has 1 amide bonds. The Labute approximate surface area is 195 Å². The standard InChI is InChI=1S/C23H26N6OS2/c1-3-19-27-28-22(32-19)15-6-7-17(26-11-15)23(30)29(16-5-4-9-24-12-16)21-20-14(2)13-31-18(20)8-10-25-21/h6-8,10-11,13,16,19,24,27H,3-5,9,12H2,1-2H3/t16-,19?/m1/s1. The number of hydrogen-bond acceptors (Lipinski definition) is 8. The number of aromatic nitrogens is 2. The number of rotatable bonds is 5. The highest BCUT2D eigenvalue weighted by molar-refractivity contribution is 8.15. The molecule has 0 radical (unpaired) electrons. The number of hydrazone groups is 1. The van der Waals surface area contributed by atoms with Gasteiger partial charge in [-0.3, -0.25) is 20.1 Å². The topological polar surface area (TPSA) is 82.5 Å². The minimum absolute atomic E-state index is 0.0411. The molecule has 9 heteroatoms. The molecular formula is C23H26N6OS2. The van der Waals surface area contributed by atoms with Crippen molar-refractivity contribution in [2.75, 3.05) is 18.0 Å². The van der Waals surface area contributed by atoms with Crippen molar-refractivity contribution < 1.29 is 4.79 Å². The molecule has 1 saturated heterocycles. The van der Waals surface area contributed by atoms with E-state index in [1.807, 2.05) is 23.1 Å². The van der Waals surface area contributed by atoms with E-state index in [-0.39, 0.29) is 11.9 Å². The van der Waals surface area contributed by atoms with Crippen molar-refractivity contribution in [3.05, 3.63) is 52.8 Å². The zero-order chi connectivity index (χ0) is 22.1. The van der Waals surface area contributed by atoms with Gasteiger partial charge >= 0.3 is 0 Å². The average molecular weight is 467 g/mol. The fourth-order valence-corrected chi connectivity index (χ4v) is 6.02. The van der Waals surface area contributed by atoms with Gasteiger partial charge in [0.1, 0.15) is 16.6 Å². The van der Waals surface area contributed by atoms with Crippen molar-refractivity contribution in [1.29, 1.82) is 0 Å². The Morgan fingerprint density at radius 3 is 2.91 bits per heavy atom. The van der Waals surface area contributed by atoms with Crippen LogP contribution >= 0.6 is 23.1 Å². The number of piperidine rings is 1. The van der Waals surface area contributed by atoms with E-state index < -0.39 is 0 Å². The zero-order valence-corrected chi connectivity index (χ0v) is 19.8. The number of thioether (sulfide) groups is 1.